The van der Waals surface area contributed by atoms with Gasteiger partial charge in [-0.15, -0.1) is 0 Å². The van der Waals surface area contributed by atoms with Gasteiger partial charge in [0, 0.05) is 41.6 Å². The number of thioether (sulfide) groups is 1. The summed E-state index contributed by atoms with van der Waals surface area (Å²) in [6.07, 6.45) is 3.30. The Labute approximate surface area is 164 Å². The van der Waals surface area contributed by atoms with Crippen molar-refractivity contribution in [2.45, 2.75) is 25.7 Å². The van der Waals surface area contributed by atoms with Gasteiger partial charge in [0.05, 0.1) is 12.8 Å². The van der Waals surface area contributed by atoms with Crippen LogP contribution in [-0.2, 0) is 17.6 Å². The van der Waals surface area contributed by atoms with Gasteiger partial charge in [0.1, 0.15) is 0 Å². The highest BCUT2D eigenvalue weighted by molar-refractivity contribution is 7.99. The number of nitrogens with zero attached hydrogens (tertiary/aromatic N) is 3. The summed E-state index contributed by atoms with van der Waals surface area (Å²) in [4.78, 5) is 24.5. The number of carbonyl (C=O) groups excluding carboxylic acids is 1. The fraction of sp³-hybridized carbons (Fsp3) is 0.476. The van der Waals surface area contributed by atoms with Crippen LogP contribution in [0.5, 0.6) is 5.88 Å². The fourth-order valence-corrected chi connectivity index (χ4v) is 4.82. The van der Waals surface area contributed by atoms with E-state index >= 15 is 0 Å². The Kier molecular flexibility index (Phi) is 5.62. The van der Waals surface area contributed by atoms with E-state index in [9.17, 15) is 4.79 Å². The molecule has 2 aromatic rings. The second-order valence-corrected chi connectivity index (χ2v) is 8.28. The Morgan fingerprint density at radius 1 is 1.11 bits per heavy atom. The van der Waals surface area contributed by atoms with Gasteiger partial charge < -0.3 is 9.64 Å². The first kappa shape index (κ1) is 18.3. The van der Waals surface area contributed by atoms with Crippen molar-refractivity contribution in [3.63, 3.8) is 0 Å². The standard InChI is InChI=1S/C21H25N3O2S/c1-26-20-17-9-7-16(21(25)24-11-13-27-14-12-24)8-10-18(17)22-19(23-20)15-5-3-2-4-6-15/h2-6,16H,7-14H2,1H3. The first-order valence-electron chi connectivity index (χ1n) is 9.62. The number of amides is 1. The van der Waals surface area contributed by atoms with Crippen LogP contribution in [0.1, 0.15) is 24.1 Å². The first-order valence-corrected chi connectivity index (χ1v) is 10.8. The van der Waals surface area contributed by atoms with Gasteiger partial charge >= 0.3 is 0 Å². The zero-order valence-electron chi connectivity index (χ0n) is 15.7. The van der Waals surface area contributed by atoms with Crippen molar-refractivity contribution in [1.29, 1.82) is 0 Å². The monoisotopic (exact) mass is 383 g/mol. The van der Waals surface area contributed by atoms with Gasteiger partial charge in [0.25, 0.3) is 0 Å². The Morgan fingerprint density at radius 3 is 2.59 bits per heavy atom. The number of benzene rings is 1. The number of rotatable bonds is 3. The normalized spacial score (nSPS) is 19.9. The number of ether oxygens (including phenoxy) is 1. The number of methoxy groups -OCH3 is 1. The maximum absolute atomic E-state index is 12.9. The predicted molar refractivity (Wildman–Crippen MR) is 108 cm³/mol. The summed E-state index contributed by atoms with van der Waals surface area (Å²) in [5.74, 6) is 3.85. The van der Waals surface area contributed by atoms with Crippen LogP contribution >= 0.6 is 11.8 Å². The maximum atomic E-state index is 12.9. The third-order valence-electron chi connectivity index (χ3n) is 5.42. The molecule has 1 aromatic heterocycles. The second-order valence-electron chi connectivity index (χ2n) is 7.06. The summed E-state index contributed by atoms with van der Waals surface area (Å²) in [6, 6.07) is 9.99. The van der Waals surface area contributed by atoms with Crippen molar-refractivity contribution >= 4 is 17.7 Å². The van der Waals surface area contributed by atoms with E-state index in [-0.39, 0.29) is 5.92 Å². The summed E-state index contributed by atoms with van der Waals surface area (Å²) in [5.41, 5.74) is 3.09. The lowest BCUT2D eigenvalue weighted by Gasteiger charge is -2.29. The molecule has 6 heteroatoms. The summed E-state index contributed by atoms with van der Waals surface area (Å²) < 4.78 is 5.59. The van der Waals surface area contributed by atoms with E-state index in [4.69, 9.17) is 9.72 Å². The number of hydrogen-bond donors (Lipinski definition) is 0. The zero-order valence-corrected chi connectivity index (χ0v) is 16.5. The Morgan fingerprint density at radius 2 is 1.85 bits per heavy atom. The minimum absolute atomic E-state index is 0.0761. The van der Waals surface area contributed by atoms with Crippen molar-refractivity contribution in [3.05, 3.63) is 41.6 Å². The highest BCUT2D eigenvalue weighted by atomic mass is 32.2. The van der Waals surface area contributed by atoms with Gasteiger partial charge in [-0.3, -0.25) is 4.79 Å². The topological polar surface area (TPSA) is 55.3 Å². The van der Waals surface area contributed by atoms with Crippen LogP contribution in [0, 0.1) is 5.92 Å². The maximum Gasteiger partial charge on any atom is 0.225 e. The van der Waals surface area contributed by atoms with E-state index < -0.39 is 0 Å². The Balaban J connectivity index is 1.57. The lowest BCUT2D eigenvalue weighted by Crippen LogP contribution is -2.41. The molecular formula is C21H25N3O2S. The van der Waals surface area contributed by atoms with Crippen LogP contribution in [0.25, 0.3) is 11.4 Å². The van der Waals surface area contributed by atoms with Crippen LogP contribution in [0.3, 0.4) is 0 Å². The van der Waals surface area contributed by atoms with E-state index in [1.54, 1.807) is 7.11 Å². The van der Waals surface area contributed by atoms with Gasteiger partial charge in [-0.1, -0.05) is 30.3 Å². The number of hydrogen-bond acceptors (Lipinski definition) is 5. The van der Waals surface area contributed by atoms with Gasteiger partial charge in [-0.2, -0.15) is 16.7 Å². The van der Waals surface area contributed by atoms with Gasteiger partial charge in [0.2, 0.25) is 11.8 Å². The number of fused-ring (bicyclic) bond motifs is 1. The highest BCUT2D eigenvalue weighted by Gasteiger charge is 2.29. The van der Waals surface area contributed by atoms with Gasteiger partial charge in [-0.05, 0) is 25.7 Å². The first-order chi connectivity index (χ1) is 13.3. The average molecular weight is 384 g/mol. The molecule has 1 fully saturated rings. The van der Waals surface area contributed by atoms with Crippen LogP contribution < -0.4 is 4.74 Å². The molecule has 1 aromatic carbocycles. The molecular weight excluding hydrogens is 358 g/mol. The van der Waals surface area contributed by atoms with E-state index in [0.29, 0.717) is 17.6 Å². The molecule has 2 aliphatic rings. The third kappa shape index (κ3) is 3.95. The van der Waals surface area contributed by atoms with Crippen LogP contribution in [0.2, 0.25) is 0 Å². The van der Waals surface area contributed by atoms with E-state index in [1.165, 1.54) is 0 Å². The Bertz CT molecular complexity index is 807. The molecule has 4 rings (SSSR count). The molecule has 5 nitrogen and oxygen atoms in total. The lowest BCUT2D eigenvalue weighted by atomic mass is 9.98. The summed E-state index contributed by atoms with van der Waals surface area (Å²) in [6.45, 7) is 1.77. The molecule has 0 radical (unpaired) electrons. The van der Waals surface area contributed by atoms with Crippen molar-refractivity contribution in [1.82, 2.24) is 14.9 Å². The molecule has 1 amide bonds. The zero-order chi connectivity index (χ0) is 18.6. The molecule has 0 spiro atoms. The SMILES string of the molecule is COc1nc(-c2ccccc2)nc2c1CCC(C(=O)N1CCSCC1)CC2. The molecule has 1 atom stereocenters. The molecule has 0 saturated carbocycles. The third-order valence-corrected chi connectivity index (χ3v) is 6.37. The summed E-state index contributed by atoms with van der Waals surface area (Å²) in [7, 11) is 1.66. The molecule has 1 saturated heterocycles. The van der Waals surface area contributed by atoms with Crippen molar-refractivity contribution < 1.29 is 9.53 Å². The lowest BCUT2D eigenvalue weighted by molar-refractivity contribution is -0.135. The summed E-state index contributed by atoms with van der Waals surface area (Å²) in [5, 5.41) is 0. The Hall–Kier alpha value is -2.08. The van der Waals surface area contributed by atoms with Gasteiger partial charge in [0.15, 0.2) is 5.82 Å². The molecule has 0 bridgehead atoms. The van der Waals surface area contributed by atoms with Crippen molar-refractivity contribution in [2.75, 3.05) is 31.7 Å². The highest BCUT2D eigenvalue weighted by Crippen LogP contribution is 2.32. The molecule has 1 unspecified atom stereocenters. The second kappa shape index (κ2) is 8.30. The quantitative estimate of drug-likeness (QED) is 0.762. The van der Waals surface area contributed by atoms with Crippen LogP contribution in [0.15, 0.2) is 30.3 Å². The minimum atomic E-state index is 0.0761. The number of aryl methyl sites for hydroxylation is 1. The predicted octanol–water partition coefficient (Wildman–Crippen LogP) is 3.22. The number of carbonyl (C=O) groups is 1. The molecule has 27 heavy (non-hydrogen) atoms. The van der Waals surface area contributed by atoms with E-state index in [1.807, 2.05) is 42.1 Å². The molecule has 142 valence electrons. The molecule has 0 N–H and O–H groups in total. The van der Waals surface area contributed by atoms with Crippen molar-refractivity contribution in [2.24, 2.45) is 5.92 Å². The molecule has 2 heterocycles. The summed E-state index contributed by atoms with van der Waals surface area (Å²) >= 11 is 1.93. The molecule has 1 aliphatic carbocycles. The minimum Gasteiger partial charge on any atom is -0.481 e. The van der Waals surface area contributed by atoms with E-state index in [2.05, 4.69) is 9.88 Å². The fourth-order valence-electron chi connectivity index (χ4n) is 3.91. The van der Waals surface area contributed by atoms with Gasteiger partial charge in [-0.25, -0.2) is 4.98 Å². The van der Waals surface area contributed by atoms with Crippen LogP contribution in [-0.4, -0.2) is 52.5 Å². The van der Waals surface area contributed by atoms with E-state index in [0.717, 1.165) is 67.1 Å². The van der Waals surface area contributed by atoms with Crippen LogP contribution in [0.4, 0.5) is 0 Å². The van der Waals surface area contributed by atoms with Crippen molar-refractivity contribution in [3.8, 4) is 17.3 Å². The average Bonchev–Trinajstić information content (AvgIpc) is 2.96. The molecule has 1 aliphatic heterocycles. The largest absolute Gasteiger partial charge is 0.481 e. The smallest absolute Gasteiger partial charge is 0.225 e. The number of aromatic nitrogens is 2.